The van der Waals surface area contributed by atoms with E-state index < -0.39 is 9.69 Å². The van der Waals surface area contributed by atoms with Gasteiger partial charge in [-0.15, -0.1) is 0 Å². The number of alkyl halides is 3. The number of ether oxygens (including phenoxy) is 1. The monoisotopic (exact) mass is 269 g/mol. The molecular formula is C9H7Cl3FNO. The molecule has 82 valence electrons. The van der Waals surface area contributed by atoms with Crippen LogP contribution in [0, 0.1) is 11.2 Å². The molecule has 0 spiro atoms. The summed E-state index contributed by atoms with van der Waals surface area (Å²) in [7, 11) is 0. The Labute approximate surface area is 101 Å². The van der Waals surface area contributed by atoms with E-state index in [4.69, 9.17) is 44.9 Å². The Hall–Kier alpha value is -0.510. The second-order valence-electron chi connectivity index (χ2n) is 2.75. The van der Waals surface area contributed by atoms with Crippen molar-refractivity contribution >= 4 is 40.7 Å². The van der Waals surface area contributed by atoms with Crippen molar-refractivity contribution in [2.24, 2.45) is 0 Å². The average molecular weight is 271 g/mol. The first-order chi connectivity index (χ1) is 6.89. The summed E-state index contributed by atoms with van der Waals surface area (Å²) < 4.78 is 15.7. The molecule has 15 heavy (non-hydrogen) atoms. The van der Waals surface area contributed by atoms with Crippen LogP contribution in [0.2, 0.25) is 0 Å². The van der Waals surface area contributed by atoms with Crippen molar-refractivity contribution in [2.75, 3.05) is 0 Å². The predicted octanol–water partition coefficient (Wildman–Crippen LogP) is 3.69. The molecule has 6 heteroatoms. The number of benzene rings is 1. The first-order valence-corrected chi connectivity index (χ1v) is 5.06. The highest BCUT2D eigenvalue weighted by molar-refractivity contribution is 6.75. The first-order valence-electron chi connectivity index (χ1n) is 3.92. The molecule has 0 amide bonds. The average Bonchev–Trinajstić information content (AvgIpc) is 2.12. The quantitative estimate of drug-likeness (QED) is 0.496. The molecule has 1 rings (SSSR count). The maximum atomic E-state index is 12.7. The molecule has 0 saturated carbocycles. The van der Waals surface area contributed by atoms with E-state index in [0.717, 1.165) is 0 Å². The van der Waals surface area contributed by atoms with Gasteiger partial charge in [0, 0.05) is 0 Å². The van der Waals surface area contributed by atoms with E-state index in [1.54, 1.807) is 6.07 Å². The lowest BCUT2D eigenvalue weighted by Crippen LogP contribution is -2.20. The molecule has 0 heterocycles. The van der Waals surface area contributed by atoms with Crippen LogP contribution in [0.15, 0.2) is 24.3 Å². The van der Waals surface area contributed by atoms with Crippen molar-refractivity contribution in [1.82, 2.24) is 0 Å². The van der Waals surface area contributed by atoms with Gasteiger partial charge >= 0.3 is 0 Å². The number of halogens is 4. The van der Waals surface area contributed by atoms with Crippen LogP contribution in [-0.4, -0.2) is 9.69 Å². The molecule has 1 aromatic carbocycles. The van der Waals surface area contributed by atoms with Crippen molar-refractivity contribution in [3.05, 3.63) is 35.6 Å². The van der Waals surface area contributed by atoms with Crippen LogP contribution in [-0.2, 0) is 11.3 Å². The van der Waals surface area contributed by atoms with Crippen molar-refractivity contribution in [3.8, 4) is 0 Å². The van der Waals surface area contributed by atoms with E-state index in [1.807, 2.05) is 0 Å². The van der Waals surface area contributed by atoms with Crippen molar-refractivity contribution < 1.29 is 9.13 Å². The molecule has 0 aliphatic heterocycles. The highest BCUT2D eigenvalue weighted by Crippen LogP contribution is 2.28. The molecule has 0 aliphatic carbocycles. The third kappa shape index (κ3) is 4.24. The molecule has 0 saturated heterocycles. The van der Waals surface area contributed by atoms with Crippen LogP contribution in [0.25, 0.3) is 0 Å². The van der Waals surface area contributed by atoms with Crippen molar-refractivity contribution in [3.63, 3.8) is 0 Å². The summed E-state index contributed by atoms with van der Waals surface area (Å²) in [5.41, 5.74) is 0.564. The minimum atomic E-state index is -1.88. The van der Waals surface area contributed by atoms with Crippen LogP contribution < -0.4 is 0 Å². The van der Waals surface area contributed by atoms with Gasteiger partial charge in [-0.25, -0.2) is 4.39 Å². The lowest BCUT2D eigenvalue weighted by Gasteiger charge is -2.13. The van der Waals surface area contributed by atoms with Crippen LogP contribution >= 0.6 is 34.8 Å². The van der Waals surface area contributed by atoms with Gasteiger partial charge in [-0.3, -0.25) is 5.41 Å². The minimum Gasteiger partial charge on any atom is -0.473 e. The zero-order valence-electron chi connectivity index (χ0n) is 7.44. The summed E-state index contributed by atoms with van der Waals surface area (Å²) in [5.74, 6) is -0.867. The maximum Gasteiger partial charge on any atom is 0.265 e. The van der Waals surface area contributed by atoms with Gasteiger partial charge < -0.3 is 4.74 Å². The maximum absolute atomic E-state index is 12.7. The Balaban J connectivity index is 2.55. The minimum absolute atomic E-state index is 0.00942. The molecule has 0 unspecified atom stereocenters. The Morgan fingerprint density at radius 3 is 2.60 bits per heavy atom. The molecular weight excluding hydrogens is 263 g/mol. The van der Waals surface area contributed by atoms with E-state index >= 15 is 0 Å². The summed E-state index contributed by atoms with van der Waals surface area (Å²) in [5, 5.41) is 7.23. The predicted molar refractivity (Wildman–Crippen MR) is 59.2 cm³/mol. The summed E-state index contributed by atoms with van der Waals surface area (Å²) in [6, 6.07) is 5.77. The zero-order valence-corrected chi connectivity index (χ0v) is 9.70. The molecule has 0 aliphatic rings. The lowest BCUT2D eigenvalue weighted by molar-refractivity contribution is 0.283. The number of hydrogen-bond acceptors (Lipinski definition) is 2. The zero-order chi connectivity index (χ0) is 11.5. The van der Waals surface area contributed by atoms with Gasteiger partial charge in [-0.1, -0.05) is 46.9 Å². The number of hydrogen-bond donors (Lipinski definition) is 1. The van der Waals surface area contributed by atoms with Gasteiger partial charge in [0.25, 0.3) is 3.79 Å². The van der Waals surface area contributed by atoms with Crippen molar-refractivity contribution in [1.29, 1.82) is 5.41 Å². The highest BCUT2D eigenvalue weighted by atomic mass is 35.6. The second kappa shape index (κ2) is 5.01. The van der Waals surface area contributed by atoms with Gasteiger partial charge in [-0.05, 0) is 17.7 Å². The van der Waals surface area contributed by atoms with Gasteiger partial charge in [0.05, 0.1) is 0 Å². The fourth-order valence-electron chi connectivity index (χ4n) is 0.864. The normalized spacial score (nSPS) is 11.2. The van der Waals surface area contributed by atoms with E-state index in [0.29, 0.717) is 5.56 Å². The summed E-state index contributed by atoms with van der Waals surface area (Å²) >= 11 is 16.2. The topological polar surface area (TPSA) is 33.1 Å². The van der Waals surface area contributed by atoms with Gasteiger partial charge in [0.1, 0.15) is 12.4 Å². The van der Waals surface area contributed by atoms with Crippen LogP contribution in [0.3, 0.4) is 0 Å². The number of rotatable bonds is 2. The third-order valence-electron chi connectivity index (χ3n) is 1.53. The highest BCUT2D eigenvalue weighted by Gasteiger charge is 2.28. The summed E-state index contributed by atoms with van der Waals surface area (Å²) in [6.45, 7) is -0.00942. The van der Waals surface area contributed by atoms with E-state index in [-0.39, 0.29) is 12.4 Å². The van der Waals surface area contributed by atoms with Crippen molar-refractivity contribution in [2.45, 2.75) is 10.4 Å². The third-order valence-corrected chi connectivity index (χ3v) is 2.04. The van der Waals surface area contributed by atoms with Crippen LogP contribution in [0.1, 0.15) is 5.56 Å². The standard InChI is InChI=1S/C9H7Cl3FNO/c10-9(11,12)8(14)15-5-6-2-1-3-7(13)4-6/h1-4,14H,5H2. The first kappa shape index (κ1) is 12.6. The molecule has 0 bridgehead atoms. The van der Waals surface area contributed by atoms with Crippen LogP contribution in [0.4, 0.5) is 4.39 Å². The van der Waals surface area contributed by atoms with E-state index in [9.17, 15) is 4.39 Å². The Morgan fingerprint density at radius 1 is 1.40 bits per heavy atom. The molecule has 1 N–H and O–H groups in total. The van der Waals surface area contributed by atoms with Gasteiger partial charge in [0.15, 0.2) is 0 Å². The molecule has 0 fully saturated rings. The summed E-state index contributed by atoms with van der Waals surface area (Å²) in [4.78, 5) is 0. The second-order valence-corrected chi connectivity index (χ2v) is 5.03. The summed E-state index contributed by atoms with van der Waals surface area (Å²) in [6.07, 6.45) is 0. The fourth-order valence-corrected chi connectivity index (χ4v) is 1.03. The molecule has 0 radical (unpaired) electrons. The van der Waals surface area contributed by atoms with Crippen LogP contribution in [0.5, 0.6) is 0 Å². The molecule has 0 atom stereocenters. The fraction of sp³-hybridized carbons (Fsp3) is 0.222. The SMILES string of the molecule is N=C(OCc1cccc(F)c1)C(Cl)(Cl)Cl. The molecule has 0 aromatic heterocycles. The Kier molecular flexibility index (Phi) is 4.20. The molecule has 1 aromatic rings. The lowest BCUT2D eigenvalue weighted by atomic mass is 10.2. The largest absolute Gasteiger partial charge is 0.473 e. The number of nitrogens with one attached hydrogen (secondary N) is 1. The smallest absolute Gasteiger partial charge is 0.265 e. The van der Waals surface area contributed by atoms with E-state index in [2.05, 4.69) is 0 Å². The van der Waals surface area contributed by atoms with Gasteiger partial charge in [0.2, 0.25) is 5.90 Å². The molecule has 2 nitrogen and oxygen atoms in total. The van der Waals surface area contributed by atoms with Gasteiger partial charge in [-0.2, -0.15) is 0 Å². The Morgan fingerprint density at radius 2 is 2.07 bits per heavy atom. The van der Waals surface area contributed by atoms with E-state index in [1.165, 1.54) is 18.2 Å². The Bertz CT molecular complexity index is 365.